The molecule has 0 radical (unpaired) electrons. The van der Waals surface area contributed by atoms with Crippen LogP contribution >= 0.6 is 11.8 Å². The Bertz CT molecular complexity index is 2350. The second kappa shape index (κ2) is 12.8. The molecule has 0 unspecified atom stereocenters. The van der Waals surface area contributed by atoms with E-state index in [1.165, 1.54) is 9.79 Å². The van der Waals surface area contributed by atoms with E-state index in [9.17, 15) is 0 Å². The molecular formula is C42H27N7S. The van der Waals surface area contributed by atoms with Gasteiger partial charge in [-0.2, -0.15) is 0 Å². The van der Waals surface area contributed by atoms with E-state index >= 15 is 0 Å². The molecule has 8 heteroatoms. The van der Waals surface area contributed by atoms with Gasteiger partial charge >= 0.3 is 0 Å². The van der Waals surface area contributed by atoms with Crippen LogP contribution in [0.2, 0.25) is 0 Å². The average Bonchev–Trinajstić information content (AvgIpc) is 3.20. The number of rotatable bonds is 6. The highest BCUT2D eigenvalue weighted by Gasteiger charge is 2.24. The van der Waals surface area contributed by atoms with Crippen molar-refractivity contribution in [3.63, 3.8) is 0 Å². The second-order valence-electron chi connectivity index (χ2n) is 11.6. The van der Waals surface area contributed by atoms with Crippen molar-refractivity contribution in [1.29, 1.82) is 0 Å². The summed E-state index contributed by atoms with van der Waals surface area (Å²) in [4.78, 5) is 34.3. The second-order valence-corrected chi connectivity index (χ2v) is 12.7. The van der Waals surface area contributed by atoms with Crippen LogP contribution in [0.1, 0.15) is 0 Å². The number of para-hydroxylation sites is 2. The number of hydrogen-bond donors (Lipinski definition) is 0. The number of anilines is 3. The summed E-state index contributed by atoms with van der Waals surface area (Å²) in [5.74, 6) is 2.89. The van der Waals surface area contributed by atoms with Crippen LogP contribution in [0, 0.1) is 0 Å². The van der Waals surface area contributed by atoms with Crippen molar-refractivity contribution in [2.24, 2.45) is 0 Å². The average molecular weight is 662 g/mol. The Morgan fingerprint density at radius 2 is 0.620 bits per heavy atom. The fraction of sp³-hybridized carbons (Fsp3) is 0. The number of nitrogens with zero attached hydrogens (tertiary/aromatic N) is 7. The van der Waals surface area contributed by atoms with Crippen LogP contribution < -0.4 is 4.90 Å². The minimum Gasteiger partial charge on any atom is -0.308 e. The molecule has 1 aliphatic rings. The fourth-order valence-corrected chi connectivity index (χ4v) is 7.03. The number of benzene rings is 6. The third-order valence-corrected chi connectivity index (χ3v) is 9.51. The van der Waals surface area contributed by atoms with E-state index < -0.39 is 0 Å². The molecule has 0 spiro atoms. The van der Waals surface area contributed by atoms with Crippen LogP contribution in [-0.2, 0) is 0 Å². The molecule has 50 heavy (non-hydrogen) atoms. The lowest BCUT2D eigenvalue weighted by molar-refractivity contribution is 1.00. The Morgan fingerprint density at radius 3 is 1.02 bits per heavy atom. The van der Waals surface area contributed by atoms with Gasteiger partial charge in [-0.05, 0) is 48.5 Å². The lowest BCUT2D eigenvalue weighted by Gasteiger charge is -2.32. The first kappa shape index (κ1) is 29.6. The highest BCUT2D eigenvalue weighted by molar-refractivity contribution is 7.99. The predicted molar refractivity (Wildman–Crippen MR) is 199 cm³/mol. The predicted octanol–water partition coefficient (Wildman–Crippen LogP) is 10.3. The summed E-state index contributed by atoms with van der Waals surface area (Å²) in [5, 5.41) is 0. The van der Waals surface area contributed by atoms with Crippen LogP contribution in [0.4, 0.5) is 17.1 Å². The molecule has 6 aromatic carbocycles. The number of fused-ring (bicyclic) bond motifs is 2. The van der Waals surface area contributed by atoms with E-state index in [1.807, 2.05) is 91.0 Å². The summed E-state index contributed by atoms with van der Waals surface area (Å²) in [6, 6.07) is 55.1. The maximum Gasteiger partial charge on any atom is 0.202 e. The van der Waals surface area contributed by atoms with E-state index in [4.69, 9.17) is 29.9 Å². The quantitative estimate of drug-likeness (QED) is 0.174. The van der Waals surface area contributed by atoms with Gasteiger partial charge in [0, 0.05) is 37.7 Å². The van der Waals surface area contributed by atoms with Gasteiger partial charge in [0.2, 0.25) is 11.6 Å². The van der Waals surface area contributed by atoms with Crippen LogP contribution in [0.25, 0.3) is 57.2 Å². The SMILES string of the molecule is c1ccc(-c2nc(-c3ccccc3)nc(-c3nc(-c4ccccc4)nc(-c4ccc(N5c6ccccc6Sc6ccccc65)cc4)n3)n2)cc1. The standard InChI is InChI=1S/C42H27N7S/c1-4-14-28(15-5-1)37-43-38(29-16-6-2-7-17-29)46-41(45-37)42-47-39(30-18-8-3-9-19-30)44-40(48-42)31-24-26-32(27-25-31)49-33-20-10-12-22-35(33)50-36-23-13-11-21-34(36)49/h1-27H. The maximum absolute atomic E-state index is 4.99. The van der Waals surface area contributed by atoms with Gasteiger partial charge in [-0.1, -0.05) is 127 Å². The first-order valence-corrected chi connectivity index (χ1v) is 17.0. The topological polar surface area (TPSA) is 80.6 Å². The monoisotopic (exact) mass is 661 g/mol. The van der Waals surface area contributed by atoms with E-state index in [2.05, 4.69) is 77.7 Å². The molecule has 0 saturated heterocycles. The summed E-state index contributed by atoms with van der Waals surface area (Å²) in [6.45, 7) is 0. The van der Waals surface area contributed by atoms with E-state index in [1.54, 1.807) is 11.8 Å². The van der Waals surface area contributed by atoms with Gasteiger partial charge in [0.05, 0.1) is 11.4 Å². The van der Waals surface area contributed by atoms with Gasteiger partial charge in [0.1, 0.15) is 0 Å². The van der Waals surface area contributed by atoms with Crippen LogP contribution in [0.3, 0.4) is 0 Å². The molecule has 0 fully saturated rings. The molecule has 0 aliphatic carbocycles. The van der Waals surface area contributed by atoms with Crippen LogP contribution in [0.15, 0.2) is 174 Å². The summed E-state index contributed by atoms with van der Waals surface area (Å²) in [6.07, 6.45) is 0. The Labute approximate surface area is 293 Å². The molecule has 236 valence electrons. The largest absolute Gasteiger partial charge is 0.308 e. The molecule has 0 bridgehead atoms. The lowest BCUT2D eigenvalue weighted by atomic mass is 10.1. The van der Waals surface area contributed by atoms with E-state index in [0.29, 0.717) is 34.9 Å². The molecule has 1 aliphatic heterocycles. The first-order chi connectivity index (χ1) is 24.8. The Balaban J connectivity index is 1.18. The Kier molecular flexibility index (Phi) is 7.60. The summed E-state index contributed by atoms with van der Waals surface area (Å²) in [5.41, 5.74) is 6.81. The Hall–Kier alpha value is -6.51. The third-order valence-electron chi connectivity index (χ3n) is 8.38. The maximum atomic E-state index is 4.99. The van der Waals surface area contributed by atoms with Crippen molar-refractivity contribution in [2.45, 2.75) is 9.79 Å². The molecular weight excluding hydrogens is 635 g/mol. The molecule has 9 rings (SSSR count). The lowest BCUT2D eigenvalue weighted by Crippen LogP contribution is -2.14. The van der Waals surface area contributed by atoms with Gasteiger partial charge < -0.3 is 4.90 Å². The normalized spacial score (nSPS) is 11.9. The summed E-state index contributed by atoms with van der Waals surface area (Å²) in [7, 11) is 0. The van der Waals surface area contributed by atoms with Crippen molar-refractivity contribution in [3.8, 4) is 57.2 Å². The van der Waals surface area contributed by atoms with Gasteiger partial charge in [-0.15, -0.1) is 0 Å². The first-order valence-electron chi connectivity index (χ1n) is 16.2. The summed E-state index contributed by atoms with van der Waals surface area (Å²) < 4.78 is 0. The highest BCUT2D eigenvalue weighted by atomic mass is 32.2. The molecule has 7 nitrogen and oxygen atoms in total. The highest BCUT2D eigenvalue weighted by Crippen LogP contribution is 2.51. The Morgan fingerprint density at radius 1 is 0.300 bits per heavy atom. The van der Waals surface area contributed by atoms with Gasteiger partial charge in [0.15, 0.2) is 23.3 Å². The third kappa shape index (κ3) is 5.67. The zero-order chi connectivity index (χ0) is 33.3. The fourth-order valence-electron chi connectivity index (χ4n) is 5.97. The zero-order valence-corrected chi connectivity index (χ0v) is 27.4. The minimum atomic E-state index is 0.366. The number of hydrogen-bond acceptors (Lipinski definition) is 8. The molecule has 8 aromatic rings. The smallest absolute Gasteiger partial charge is 0.202 e. The molecule has 3 heterocycles. The number of aromatic nitrogens is 6. The van der Waals surface area contributed by atoms with Crippen molar-refractivity contribution in [1.82, 2.24) is 29.9 Å². The molecule has 0 N–H and O–H groups in total. The van der Waals surface area contributed by atoms with Crippen LogP contribution in [0.5, 0.6) is 0 Å². The van der Waals surface area contributed by atoms with Gasteiger partial charge in [-0.3, -0.25) is 0 Å². The van der Waals surface area contributed by atoms with Gasteiger partial charge in [0.25, 0.3) is 0 Å². The van der Waals surface area contributed by atoms with E-state index in [0.717, 1.165) is 39.3 Å². The zero-order valence-electron chi connectivity index (χ0n) is 26.6. The van der Waals surface area contributed by atoms with Crippen LogP contribution in [-0.4, -0.2) is 29.9 Å². The van der Waals surface area contributed by atoms with Crippen molar-refractivity contribution < 1.29 is 0 Å². The van der Waals surface area contributed by atoms with Crippen molar-refractivity contribution >= 4 is 28.8 Å². The molecule has 0 amide bonds. The van der Waals surface area contributed by atoms with Crippen molar-refractivity contribution in [2.75, 3.05) is 4.90 Å². The molecule has 0 saturated carbocycles. The molecule has 0 atom stereocenters. The summed E-state index contributed by atoms with van der Waals surface area (Å²) >= 11 is 1.79. The molecule has 2 aromatic heterocycles. The van der Waals surface area contributed by atoms with Gasteiger partial charge in [-0.25, -0.2) is 29.9 Å². The minimum absolute atomic E-state index is 0.366. The van der Waals surface area contributed by atoms with E-state index in [-0.39, 0.29) is 0 Å². The van der Waals surface area contributed by atoms with Crippen molar-refractivity contribution in [3.05, 3.63) is 164 Å².